The topological polar surface area (TPSA) is 238 Å². The number of alkyl halides is 2. The number of esters is 1. The number of hydrogen-bond donors (Lipinski definition) is 4. The second kappa shape index (κ2) is 18.4. The fraction of sp³-hybridized carbons (Fsp3) is 0.463. The van der Waals surface area contributed by atoms with Gasteiger partial charge >= 0.3 is 218 Å². The molecule has 3 aromatic rings. The number of halogens is 1. The third-order valence-electron chi connectivity index (χ3n) is 10.4. The Hall–Kier alpha value is -4.93. The summed E-state index contributed by atoms with van der Waals surface area (Å²) in [6.07, 6.45) is -8.44. The quantitative estimate of drug-likeness (QED) is 0.0777. The van der Waals surface area contributed by atoms with E-state index < -0.39 is 95.9 Å². The number of nitrogens with zero attached hydrogens (tertiary/aromatic N) is 1. The van der Waals surface area contributed by atoms with Crippen molar-refractivity contribution in [3.63, 3.8) is 0 Å². The normalized spacial score (nSPS) is 29.1. The van der Waals surface area contributed by atoms with Crippen LogP contribution in [0.3, 0.4) is 0 Å². The number of amides is 3. The van der Waals surface area contributed by atoms with E-state index in [-0.39, 0.29) is 45.3 Å². The Bertz CT molecular complexity index is 2160. The first kappa shape index (κ1) is 43.2. The van der Waals surface area contributed by atoms with Gasteiger partial charge in [0.1, 0.15) is 0 Å². The summed E-state index contributed by atoms with van der Waals surface area (Å²) in [5, 5.41) is 5.64. The molecule has 5 N–H and O–H groups in total. The van der Waals surface area contributed by atoms with E-state index in [0.717, 1.165) is 32.4 Å². The summed E-state index contributed by atoms with van der Waals surface area (Å²) < 4.78 is 45.2. The van der Waals surface area contributed by atoms with Crippen LogP contribution in [0, 0.1) is 0 Å². The number of rotatable bonds is 13. The molecule has 3 fully saturated rings. The van der Waals surface area contributed by atoms with Crippen LogP contribution in [0.5, 0.6) is 0 Å². The summed E-state index contributed by atoms with van der Waals surface area (Å²) >= 11 is -0.371. The minimum absolute atomic E-state index is 0.00681. The van der Waals surface area contributed by atoms with Gasteiger partial charge < -0.3 is 4.74 Å². The van der Waals surface area contributed by atoms with Crippen molar-refractivity contribution in [1.29, 1.82) is 0 Å². The molecule has 0 radical (unpaired) electrons. The van der Waals surface area contributed by atoms with E-state index in [2.05, 4.69) is 15.6 Å². The van der Waals surface area contributed by atoms with Crippen molar-refractivity contribution < 1.29 is 73.5 Å². The molecular formula is C41H47IN5O13-. The van der Waals surface area contributed by atoms with Crippen LogP contribution in [0.2, 0.25) is 0 Å². The van der Waals surface area contributed by atoms with Crippen molar-refractivity contribution in [3.8, 4) is 0 Å². The van der Waals surface area contributed by atoms with Gasteiger partial charge in [-0.15, -0.1) is 0 Å². The van der Waals surface area contributed by atoms with Crippen molar-refractivity contribution in [2.45, 2.75) is 100 Å². The number of methoxy groups -OCH3 is 1. The van der Waals surface area contributed by atoms with Gasteiger partial charge in [-0.05, 0) is 11.1 Å². The second-order valence-corrected chi connectivity index (χ2v) is 18.1. The number of benzene rings is 2. The summed E-state index contributed by atoms with van der Waals surface area (Å²) in [7, 11) is 1.29. The van der Waals surface area contributed by atoms with Gasteiger partial charge in [-0.25, -0.2) is 4.79 Å². The Labute approximate surface area is 354 Å². The van der Waals surface area contributed by atoms with Crippen LogP contribution in [0.4, 0.5) is 0 Å². The van der Waals surface area contributed by atoms with Crippen LogP contribution < -0.4 is 48.8 Å². The summed E-state index contributed by atoms with van der Waals surface area (Å²) in [6.45, 7) is 5.21. The minimum atomic E-state index is -1.75. The van der Waals surface area contributed by atoms with E-state index >= 15 is 0 Å². The van der Waals surface area contributed by atoms with E-state index in [1.54, 1.807) is 13.8 Å². The molecule has 19 heteroatoms. The van der Waals surface area contributed by atoms with Gasteiger partial charge in [0.15, 0.2) is 0 Å². The maximum absolute atomic E-state index is 14.0. The monoisotopic (exact) mass is 944 g/mol. The summed E-state index contributed by atoms with van der Waals surface area (Å²) in [5.74, 6) is -4.64. The van der Waals surface area contributed by atoms with Gasteiger partial charge in [0.2, 0.25) is 0 Å². The first-order chi connectivity index (χ1) is 28.7. The molecule has 18 nitrogen and oxygen atoms in total. The first-order valence-corrected chi connectivity index (χ1v) is 22.4. The Morgan fingerprint density at radius 2 is 1.67 bits per heavy atom. The number of nitrogens with two attached hydrogens (primary N) is 1. The van der Waals surface area contributed by atoms with Crippen LogP contribution in [0.15, 0.2) is 94.4 Å². The van der Waals surface area contributed by atoms with Crippen molar-refractivity contribution >= 4 is 23.7 Å². The Kier molecular flexibility index (Phi) is 13.2. The SMILES string of the molecule is CO[C@H]1[C@@H](OC(=O)CC(c2ccccc2)c2ccccc2)[C@H](n2ccc(=O)[nH]c2=O)O[C@@H]1[C@@H](O[C@H]1OC(C(=O)N[C@H]2C[I-]C[C@@H](C)NC2=O)=C[C@@H]2OC(C)(C)O[C@H]12)C(N)=O. The molecular weight excluding hydrogens is 897 g/mol. The van der Waals surface area contributed by atoms with Gasteiger partial charge in [-0.2, -0.15) is 0 Å². The Morgan fingerprint density at radius 3 is 2.30 bits per heavy atom. The summed E-state index contributed by atoms with van der Waals surface area (Å²) in [6, 6.07) is 19.0. The third-order valence-corrected chi connectivity index (χ3v) is 13.8. The molecule has 5 heterocycles. The molecule has 60 heavy (non-hydrogen) atoms. The van der Waals surface area contributed by atoms with Crippen LogP contribution in [-0.4, -0.2) is 110 Å². The molecule has 10 atom stereocenters. The van der Waals surface area contributed by atoms with Crippen molar-refractivity contribution in [2.24, 2.45) is 5.73 Å². The molecule has 4 aliphatic heterocycles. The molecule has 2 aromatic carbocycles. The van der Waals surface area contributed by atoms with E-state index in [1.165, 1.54) is 13.2 Å². The number of aromatic nitrogens is 2. The Balaban J connectivity index is 1.17. The molecule has 0 aliphatic carbocycles. The summed E-state index contributed by atoms with van der Waals surface area (Å²) in [5.41, 5.74) is 6.10. The standard InChI is InChI=1S/C41H47IN5O13/c1-21-19-42-20-25(36(51)44-21)45-37(52)27-18-26-30(60-41(2,3)59-26)39(55-27)58-33(35(43)50)32-31(54-4)34(38(57-32)47-16-15-28(48)46-40(47)53)56-29(49)17-24(22-11-7-5-8-12-22)23-13-9-6-10-14-23/h5-16,18,21,24-26,30-34,38-39H,17,19-20H2,1-4H3,(H2,43,50)(H,44,51)(H,45,52)(H,46,48,53)/q-1/t21-,25+,26+,30+,31-,32+,33-,34-,38-,39-/m1/s1. The zero-order valence-corrected chi connectivity index (χ0v) is 35.3. The summed E-state index contributed by atoms with van der Waals surface area (Å²) in [4.78, 5) is 81.5. The number of carbonyl (C=O) groups is 4. The fourth-order valence-corrected chi connectivity index (χ4v) is 10.4. The van der Waals surface area contributed by atoms with Gasteiger partial charge in [0.25, 0.3) is 5.56 Å². The van der Waals surface area contributed by atoms with Crippen molar-refractivity contribution in [2.75, 3.05) is 16.0 Å². The van der Waals surface area contributed by atoms with E-state index in [0.29, 0.717) is 4.43 Å². The second-order valence-electron chi connectivity index (χ2n) is 15.2. The van der Waals surface area contributed by atoms with Crippen molar-refractivity contribution in [1.82, 2.24) is 20.2 Å². The molecule has 322 valence electrons. The molecule has 4 aliphatic rings. The predicted octanol–water partition coefficient (Wildman–Crippen LogP) is -2.69. The maximum atomic E-state index is 14.0. The number of H-pyrrole nitrogens is 1. The number of ether oxygens (including phenoxy) is 7. The van der Waals surface area contributed by atoms with E-state index in [9.17, 15) is 28.8 Å². The number of nitrogens with one attached hydrogen (secondary N) is 3. The van der Waals surface area contributed by atoms with Crippen LogP contribution in [0.25, 0.3) is 0 Å². The third kappa shape index (κ3) is 9.66. The molecule has 0 spiro atoms. The van der Waals surface area contributed by atoms with Gasteiger partial charge in [0, 0.05) is 25.3 Å². The Morgan fingerprint density at radius 1 is 0.983 bits per heavy atom. The fourth-order valence-electron chi connectivity index (χ4n) is 7.66. The number of carbonyl (C=O) groups excluding carboxylic acids is 4. The molecule has 3 saturated heterocycles. The molecule has 3 amide bonds. The molecule has 0 unspecified atom stereocenters. The van der Waals surface area contributed by atoms with Gasteiger partial charge in [-0.3, -0.25) is 19.1 Å². The zero-order valence-electron chi connectivity index (χ0n) is 33.2. The number of fused-ring (bicyclic) bond motifs is 1. The molecule has 1 aromatic heterocycles. The van der Waals surface area contributed by atoms with Crippen LogP contribution in [0.1, 0.15) is 50.5 Å². The predicted molar refractivity (Wildman–Crippen MR) is 205 cm³/mol. The molecule has 7 rings (SSSR count). The average Bonchev–Trinajstić information content (AvgIpc) is 3.67. The first-order valence-electron chi connectivity index (χ1n) is 19.3. The van der Waals surface area contributed by atoms with Crippen molar-refractivity contribution in [3.05, 3.63) is 117 Å². The zero-order chi connectivity index (χ0) is 42.7. The van der Waals surface area contributed by atoms with E-state index in [1.807, 2.05) is 67.6 Å². The van der Waals surface area contributed by atoms with Crippen LogP contribution in [-0.2, 0) is 52.3 Å². The van der Waals surface area contributed by atoms with Gasteiger partial charge in [0.05, 0.1) is 6.42 Å². The molecule has 0 saturated carbocycles. The average molecular weight is 945 g/mol. The number of primary amides is 1. The van der Waals surface area contributed by atoms with E-state index in [4.69, 9.17) is 38.9 Å². The van der Waals surface area contributed by atoms with Gasteiger partial charge in [-0.1, -0.05) is 60.7 Å². The number of aromatic amines is 1. The molecule has 0 bridgehead atoms. The van der Waals surface area contributed by atoms with Crippen LogP contribution >= 0.6 is 0 Å². The number of hydrogen-bond acceptors (Lipinski definition) is 13.